The Morgan fingerprint density at radius 1 is 1.00 bits per heavy atom. The molecule has 0 atom stereocenters. The molecular formula is C16H14N2O. The minimum atomic E-state index is -0.0208. The van der Waals surface area contributed by atoms with Gasteiger partial charge in [-0.05, 0) is 25.1 Å². The van der Waals surface area contributed by atoms with Crippen molar-refractivity contribution in [1.82, 2.24) is 0 Å². The average Bonchev–Trinajstić information content (AvgIpc) is 2.73. The van der Waals surface area contributed by atoms with Crippen LogP contribution in [0.1, 0.15) is 12.5 Å². The van der Waals surface area contributed by atoms with E-state index in [4.69, 9.17) is 0 Å². The Balaban J connectivity index is 2.13. The van der Waals surface area contributed by atoms with Crippen molar-refractivity contribution in [2.45, 2.75) is 6.92 Å². The lowest BCUT2D eigenvalue weighted by Gasteiger charge is -2.12. The SMILES string of the molecule is CCN1C(=O)C(=Nc2ccccc2)c2ccccc21. The molecular weight excluding hydrogens is 236 g/mol. The molecule has 1 aliphatic heterocycles. The fraction of sp³-hybridized carbons (Fsp3) is 0.125. The molecule has 0 saturated heterocycles. The van der Waals surface area contributed by atoms with Crippen molar-refractivity contribution < 1.29 is 4.79 Å². The van der Waals surface area contributed by atoms with Crippen LogP contribution in [0.15, 0.2) is 59.6 Å². The first kappa shape index (κ1) is 11.7. The summed E-state index contributed by atoms with van der Waals surface area (Å²) >= 11 is 0. The van der Waals surface area contributed by atoms with Gasteiger partial charge in [-0.15, -0.1) is 0 Å². The highest BCUT2D eigenvalue weighted by molar-refractivity contribution is 6.54. The van der Waals surface area contributed by atoms with Gasteiger partial charge in [0.15, 0.2) is 0 Å². The van der Waals surface area contributed by atoms with Gasteiger partial charge in [0.1, 0.15) is 5.71 Å². The summed E-state index contributed by atoms with van der Waals surface area (Å²) in [6.45, 7) is 2.63. The fourth-order valence-corrected chi connectivity index (χ4v) is 2.32. The largest absolute Gasteiger partial charge is 0.307 e. The Morgan fingerprint density at radius 2 is 1.68 bits per heavy atom. The zero-order valence-corrected chi connectivity index (χ0v) is 10.7. The summed E-state index contributed by atoms with van der Waals surface area (Å²) in [5.41, 5.74) is 3.20. The second-order valence-electron chi connectivity index (χ2n) is 4.36. The number of anilines is 1. The summed E-state index contributed by atoms with van der Waals surface area (Å²) in [7, 11) is 0. The van der Waals surface area contributed by atoms with Gasteiger partial charge in [-0.3, -0.25) is 4.79 Å². The third-order valence-corrected chi connectivity index (χ3v) is 3.21. The van der Waals surface area contributed by atoms with Crippen molar-refractivity contribution in [3.8, 4) is 0 Å². The molecule has 19 heavy (non-hydrogen) atoms. The molecule has 0 spiro atoms. The summed E-state index contributed by atoms with van der Waals surface area (Å²) in [4.78, 5) is 18.7. The van der Waals surface area contributed by atoms with Gasteiger partial charge in [-0.25, -0.2) is 4.99 Å². The van der Waals surface area contributed by atoms with Crippen LogP contribution in [-0.4, -0.2) is 18.2 Å². The highest BCUT2D eigenvalue weighted by atomic mass is 16.2. The van der Waals surface area contributed by atoms with E-state index in [-0.39, 0.29) is 5.91 Å². The second-order valence-corrected chi connectivity index (χ2v) is 4.36. The number of likely N-dealkylation sites (N-methyl/N-ethyl adjacent to an activating group) is 1. The molecule has 0 bridgehead atoms. The van der Waals surface area contributed by atoms with E-state index in [0.29, 0.717) is 12.3 Å². The molecule has 2 aromatic rings. The molecule has 1 heterocycles. The van der Waals surface area contributed by atoms with Crippen molar-refractivity contribution in [2.75, 3.05) is 11.4 Å². The molecule has 1 amide bonds. The first-order valence-corrected chi connectivity index (χ1v) is 6.36. The van der Waals surface area contributed by atoms with E-state index in [1.54, 1.807) is 4.90 Å². The number of hydrogen-bond donors (Lipinski definition) is 0. The molecule has 0 radical (unpaired) electrons. The Kier molecular flexibility index (Phi) is 2.88. The number of nitrogens with zero attached hydrogens (tertiary/aromatic N) is 2. The number of amides is 1. The summed E-state index contributed by atoms with van der Waals surface area (Å²) in [5.74, 6) is -0.0208. The first-order valence-electron chi connectivity index (χ1n) is 6.36. The van der Waals surface area contributed by atoms with Crippen molar-refractivity contribution in [3.63, 3.8) is 0 Å². The molecule has 3 rings (SSSR count). The standard InChI is InChI=1S/C16H14N2O/c1-2-18-14-11-7-6-10-13(14)15(16(18)19)17-12-8-4-3-5-9-12/h3-11H,2H2,1H3. The number of fused-ring (bicyclic) bond motifs is 1. The molecule has 3 heteroatoms. The molecule has 1 aliphatic rings. The first-order chi connectivity index (χ1) is 9.31. The highest BCUT2D eigenvalue weighted by Gasteiger charge is 2.32. The Bertz CT molecular complexity index is 647. The lowest BCUT2D eigenvalue weighted by atomic mass is 10.1. The fourth-order valence-electron chi connectivity index (χ4n) is 2.32. The van der Waals surface area contributed by atoms with Crippen LogP contribution in [0.4, 0.5) is 11.4 Å². The zero-order chi connectivity index (χ0) is 13.2. The second kappa shape index (κ2) is 4.69. The van der Waals surface area contributed by atoms with Crippen LogP contribution in [0.2, 0.25) is 0 Å². The topological polar surface area (TPSA) is 32.7 Å². The van der Waals surface area contributed by atoms with Crippen LogP contribution in [0.3, 0.4) is 0 Å². The van der Waals surface area contributed by atoms with Gasteiger partial charge in [0.05, 0.1) is 11.4 Å². The lowest BCUT2D eigenvalue weighted by Crippen LogP contribution is -2.29. The molecule has 3 nitrogen and oxygen atoms in total. The average molecular weight is 250 g/mol. The van der Waals surface area contributed by atoms with Gasteiger partial charge in [-0.2, -0.15) is 0 Å². The van der Waals surface area contributed by atoms with Crippen LogP contribution < -0.4 is 4.90 Å². The molecule has 0 fully saturated rings. The molecule has 0 aromatic heterocycles. The Labute approximate surface area is 112 Å². The van der Waals surface area contributed by atoms with Crippen LogP contribution >= 0.6 is 0 Å². The van der Waals surface area contributed by atoms with Crippen LogP contribution in [0, 0.1) is 0 Å². The van der Waals surface area contributed by atoms with E-state index in [1.807, 2.05) is 61.5 Å². The summed E-state index contributed by atoms with van der Waals surface area (Å²) < 4.78 is 0. The number of carbonyl (C=O) groups is 1. The van der Waals surface area contributed by atoms with Crippen molar-refractivity contribution >= 4 is 23.0 Å². The van der Waals surface area contributed by atoms with Crippen molar-refractivity contribution in [2.24, 2.45) is 4.99 Å². The van der Waals surface area contributed by atoms with E-state index < -0.39 is 0 Å². The maximum Gasteiger partial charge on any atom is 0.277 e. The van der Waals surface area contributed by atoms with Gasteiger partial charge in [-0.1, -0.05) is 36.4 Å². The highest BCUT2D eigenvalue weighted by Crippen LogP contribution is 2.30. The van der Waals surface area contributed by atoms with Gasteiger partial charge in [0.25, 0.3) is 5.91 Å². The molecule has 0 unspecified atom stereocenters. The van der Waals surface area contributed by atoms with Gasteiger partial charge in [0, 0.05) is 12.1 Å². The zero-order valence-electron chi connectivity index (χ0n) is 10.7. The third-order valence-electron chi connectivity index (χ3n) is 3.21. The molecule has 0 saturated carbocycles. The summed E-state index contributed by atoms with van der Waals surface area (Å²) in [5, 5.41) is 0. The quantitative estimate of drug-likeness (QED) is 0.805. The van der Waals surface area contributed by atoms with Gasteiger partial charge in [0.2, 0.25) is 0 Å². The maximum absolute atomic E-state index is 12.4. The van der Waals surface area contributed by atoms with E-state index in [9.17, 15) is 4.79 Å². The van der Waals surface area contributed by atoms with Gasteiger partial charge >= 0.3 is 0 Å². The number of rotatable bonds is 2. The number of hydrogen-bond acceptors (Lipinski definition) is 2. The molecule has 0 aliphatic carbocycles. The van der Waals surface area contributed by atoms with Crippen molar-refractivity contribution in [3.05, 3.63) is 60.2 Å². The maximum atomic E-state index is 12.4. The molecule has 0 N–H and O–H groups in total. The predicted molar refractivity (Wildman–Crippen MR) is 77.1 cm³/mol. The monoisotopic (exact) mass is 250 g/mol. The van der Waals surface area contributed by atoms with Gasteiger partial charge < -0.3 is 4.90 Å². The number of para-hydroxylation sites is 2. The van der Waals surface area contributed by atoms with E-state index >= 15 is 0 Å². The smallest absolute Gasteiger partial charge is 0.277 e. The minimum Gasteiger partial charge on any atom is -0.307 e. The normalized spacial score (nSPS) is 15.9. The molecule has 2 aromatic carbocycles. The Hall–Kier alpha value is -2.42. The van der Waals surface area contributed by atoms with E-state index in [0.717, 1.165) is 16.9 Å². The Morgan fingerprint density at radius 3 is 2.42 bits per heavy atom. The van der Waals surface area contributed by atoms with Crippen molar-refractivity contribution in [1.29, 1.82) is 0 Å². The van der Waals surface area contributed by atoms with E-state index in [2.05, 4.69) is 4.99 Å². The van der Waals surface area contributed by atoms with Crippen LogP contribution in [0.25, 0.3) is 0 Å². The number of benzene rings is 2. The molecule has 94 valence electrons. The van der Waals surface area contributed by atoms with Crippen LogP contribution in [-0.2, 0) is 4.79 Å². The summed E-state index contributed by atoms with van der Waals surface area (Å²) in [6.07, 6.45) is 0. The lowest BCUT2D eigenvalue weighted by molar-refractivity contribution is -0.112. The minimum absolute atomic E-state index is 0.0208. The summed E-state index contributed by atoms with van der Waals surface area (Å²) in [6, 6.07) is 17.4. The van der Waals surface area contributed by atoms with E-state index in [1.165, 1.54) is 0 Å². The van der Waals surface area contributed by atoms with Crippen LogP contribution in [0.5, 0.6) is 0 Å². The predicted octanol–water partition coefficient (Wildman–Crippen LogP) is 3.17. The number of carbonyl (C=O) groups excluding carboxylic acids is 1. The third kappa shape index (κ3) is 1.93. The number of aliphatic imine (C=N–C) groups is 1.